The molecular weight excluding hydrogens is 280 g/mol. The summed E-state index contributed by atoms with van der Waals surface area (Å²) in [6, 6.07) is -1.17. The first-order chi connectivity index (χ1) is 9.05. The van der Waals surface area contributed by atoms with Crippen molar-refractivity contribution < 1.29 is 18.3 Å². The summed E-state index contributed by atoms with van der Waals surface area (Å²) < 4.78 is 28.3. The van der Waals surface area contributed by atoms with Gasteiger partial charge in [-0.25, -0.2) is 0 Å². The largest absolute Gasteiger partial charge is 0.480 e. The molecule has 0 amide bonds. The highest BCUT2D eigenvalue weighted by Crippen LogP contribution is 2.25. The van der Waals surface area contributed by atoms with Crippen molar-refractivity contribution >= 4 is 16.2 Å². The molecule has 0 aliphatic heterocycles. The van der Waals surface area contributed by atoms with E-state index in [4.69, 9.17) is 0 Å². The lowest BCUT2D eigenvalue weighted by Crippen LogP contribution is -2.54. The first kappa shape index (κ1) is 17.4. The van der Waals surface area contributed by atoms with Crippen molar-refractivity contribution in [1.82, 2.24) is 9.03 Å². The molecule has 0 aromatic rings. The van der Waals surface area contributed by atoms with Gasteiger partial charge in [0.1, 0.15) is 6.04 Å². The predicted octanol–water partition coefficient (Wildman–Crippen LogP) is 1.58. The third-order valence-electron chi connectivity index (χ3n) is 3.85. The molecule has 0 saturated heterocycles. The second-order valence-electron chi connectivity index (χ2n) is 6.57. The van der Waals surface area contributed by atoms with Crippen molar-refractivity contribution in [1.29, 1.82) is 0 Å². The van der Waals surface area contributed by atoms with Crippen LogP contribution in [0, 0.1) is 5.41 Å². The molecule has 6 nitrogen and oxygen atoms in total. The molecule has 0 bridgehead atoms. The van der Waals surface area contributed by atoms with Gasteiger partial charge in [0.15, 0.2) is 0 Å². The van der Waals surface area contributed by atoms with Gasteiger partial charge < -0.3 is 5.11 Å². The molecule has 118 valence electrons. The molecule has 7 heteroatoms. The van der Waals surface area contributed by atoms with Crippen LogP contribution in [0.15, 0.2) is 0 Å². The highest BCUT2D eigenvalue weighted by molar-refractivity contribution is 7.87. The minimum absolute atomic E-state index is 0.0318. The number of carboxylic acid groups (broad SMARTS) is 1. The zero-order chi connectivity index (χ0) is 15.6. The van der Waals surface area contributed by atoms with Crippen LogP contribution in [0.3, 0.4) is 0 Å². The average molecular weight is 306 g/mol. The molecule has 1 aliphatic carbocycles. The Bertz CT molecular complexity index is 436. The van der Waals surface area contributed by atoms with E-state index in [2.05, 4.69) is 4.72 Å². The second kappa shape index (κ2) is 6.41. The Morgan fingerprint density at radius 2 is 1.75 bits per heavy atom. The molecule has 0 heterocycles. The molecule has 0 radical (unpaired) electrons. The first-order valence-electron chi connectivity index (χ1n) is 7.04. The Labute approximate surface area is 121 Å². The summed E-state index contributed by atoms with van der Waals surface area (Å²) in [5.41, 5.74) is -0.688. The molecule has 1 fully saturated rings. The SMILES string of the molecule is CN(C1CCCCC1)S(=O)(=O)NC(C(=O)O)C(C)(C)C. The van der Waals surface area contributed by atoms with Crippen molar-refractivity contribution in [3.63, 3.8) is 0 Å². The molecule has 0 aromatic carbocycles. The minimum Gasteiger partial charge on any atom is -0.480 e. The van der Waals surface area contributed by atoms with Crippen LogP contribution in [-0.2, 0) is 15.0 Å². The van der Waals surface area contributed by atoms with E-state index in [1.165, 1.54) is 11.4 Å². The van der Waals surface area contributed by atoms with Gasteiger partial charge in [-0.15, -0.1) is 0 Å². The lowest BCUT2D eigenvalue weighted by atomic mass is 9.88. The number of carboxylic acids is 1. The molecule has 1 unspecified atom stereocenters. The molecular formula is C13H26N2O4S. The molecule has 20 heavy (non-hydrogen) atoms. The smallest absolute Gasteiger partial charge is 0.322 e. The van der Waals surface area contributed by atoms with Gasteiger partial charge in [-0.2, -0.15) is 17.4 Å². The summed E-state index contributed by atoms with van der Waals surface area (Å²) in [5.74, 6) is -1.15. The van der Waals surface area contributed by atoms with Crippen LogP contribution in [0.5, 0.6) is 0 Å². The topological polar surface area (TPSA) is 86.7 Å². The van der Waals surface area contributed by atoms with E-state index in [9.17, 15) is 18.3 Å². The highest BCUT2D eigenvalue weighted by Gasteiger charge is 2.37. The van der Waals surface area contributed by atoms with Crippen LogP contribution in [0.4, 0.5) is 0 Å². The Kier molecular flexibility index (Phi) is 5.57. The molecule has 2 N–H and O–H groups in total. The summed E-state index contributed by atoms with van der Waals surface area (Å²) in [4.78, 5) is 11.3. The lowest BCUT2D eigenvalue weighted by molar-refractivity contribution is -0.141. The van der Waals surface area contributed by atoms with Crippen LogP contribution in [-0.4, -0.2) is 42.9 Å². The van der Waals surface area contributed by atoms with Crippen LogP contribution in [0.1, 0.15) is 52.9 Å². The summed E-state index contributed by atoms with van der Waals surface area (Å²) in [6.45, 7) is 5.11. The number of carbonyl (C=O) groups is 1. The maximum atomic E-state index is 12.3. The summed E-state index contributed by atoms with van der Waals surface area (Å²) in [6.07, 6.45) is 4.85. The predicted molar refractivity (Wildman–Crippen MR) is 77.6 cm³/mol. The van der Waals surface area contributed by atoms with Gasteiger partial charge >= 0.3 is 5.97 Å². The highest BCUT2D eigenvalue weighted by atomic mass is 32.2. The van der Waals surface area contributed by atoms with Crippen LogP contribution in [0.25, 0.3) is 0 Å². The monoisotopic (exact) mass is 306 g/mol. The van der Waals surface area contributed by atoms with Gasteiger partial charge in [0, 0.05) is 13.1 Å². The van der Waals surface area contributed by atoms with E-state index < -0.39 is 27.6 Å². The Hall–Kier alpha value is -0.660. The van der Waals surface area contributed by atoms with E-state index in [-0.39, 0.29) is 6.04 Å². The number of nitrogens with one attached hydrogen (secondary N) is 1. The van der Waals surface area contributed by atoms with Crippen molar-refractivity contribution in [3.05, 3.63) is 0 Å². The second-order valence-corrected chi connectivity index (χ2v) is 8.33. The summed E-state index contributed by atoms with van der Waals surface area (Å²) in [7, 11) is -2.26. The summed E-state index contributed by atoms with van der Waals surface area (Å²) in [5, 5.41) is 9.22. The Morgan fingerprint density at radius 1 is 1.25 bits per heavy atom. The van der Waals surface area contributed by atoms with Crippen LogP contribution in [0.2, 0.25) is 0 Å². The van der Waals surface area contributed by atoms with Crippen molar-refractivity contribution in [3.8, 4) is 0 Å². The van der Waals surface area contributed by atoms with E-state index in [1.54, 1.807) is 20.8 Å². The van der Waals surface area contributed by atoms with Gasteiger partial charge in [-0.1, -0.05) is 40.0 Å². The number of aliphatic carboxylic acids is 1. The number of hydrogen-bond acceptors (Lipinski definition) is 3. The van der Waals surface area contributed by atoms with Gasteiger partial charge in [0.05, 0.1) is 0 Å². The molecule has 1 atom stereocenters. The van der Waals surface area contributed by atoms with Crippen molar-refractivity contribution in [2.75, 3.05) is 7.05 Å². The molecule has 0 spiro atoms. The quantitative estimate of drug-likeness (QED) is 0.807. The molecule has 0 aromatic heterocycles. The van der Waals surface area contributed by atoms with Gasteiger partial charge in [-0.05, 0) is 18.3 Å². The Balaban J connectivity index is 2.84. The normalized spacial score (nSPS) is 20.1. The fourth-order valence-corrected chi connectivity index (χ4v) is 3.99. The standard InChI is InChI=1S/C13H26N2O4S/c1-13(2,3)11(12(16)17)14-20(18,19)15(4)10-8-6-5-7-9-10/h10-11,14H,5-9H2,1-4H3,(H,16,17). The number of rotatable bonds is 5. The van der Waals surface area contributed by atoms with Crippen molar-refractivity contribution in [2.24, 2.45) is 5.41 Å². The van der Waals surface area contributed by atoms with E-state index in [0.717, 1.165) is 32.1 Å². The maximum Gasteiger partial charge on any atom is 0.322 e. The fraction of sp³-hybridized carbons (Fsp3) is 0.923. The third-order valence-corrected chi connectivity index (χ3v) is 5.44. The fourth-order valence-electron chi connectivity index (χ4n) is 2.47. The third kappa shape index (κ3) is 4.43. The molecule has 1 rings (SSSR count). The van der Waals surface area contributed by atoms with Gasteiger partial charge in [0.25, 0.3) is 10.2 Å². The molecule has 1 aliphatic rings. The number of hydrogen-bond donors (Lipinski definition) is 2. The van der Waals surface area contributed by atoms with E-state index in [1.807, 2.05) is 0 Å². The minimum atomic E-state index is -3.78. The van der Waals surface area contributed by atoms with Gasteiger partial charge in [-0.3, -0.25) is 4.79 Å². The zero-order valence-electron chi connectivity index (χ0n) is 12.7. The van der Waals surface area contributed by atoms with E-state index >= 15 is 0 Å². The van der Waals surface area contributed by atoms with Crippen LogP contribution < -0.4 is 4.72 Å². The first-order valence-corrected chi connectivity index (χ1v) is 8.48. The molecule has 1 saturated carbocycles. The van der Waals surface area contributed by atoms with E-state index in [0.29, 0.717) is 0 Å². The summed E-state index contributed by atoms with van der Waals surface area (Å²) >= 11 is 0. The van der Waals surface area contributed by atoms with Crippen molar-refractivity contribution in [2.45, 2.75) is 65.0 Å². The zero-order valence-corrected chi connectivity index (χ0v) is 13.5. The lowest BCUT2D eigenvalue weighted by Gasteiger charge is -2.34. The van der Waals surface area contributed by atoms with Crippen LogP contribution >= 0.6 is 0 Å². The van der Waals surface area contributed by atoms with Gasteiger partial charge in [0.2, 0.25) is 0 Å². The Morgan fingerprint density at radius 3 is 2.15 bits per heavy atom. The average Bonchev–Trinajstić information content (AvgIpc) is 2.34. The maximum absolute atomic E-state index is 12.3. The number of nitrogens with zero attached hydrogens (tertiary/aromatic N) is 1.